The Morgan fingerprint density at radius 2 is 0.921 bits per heavy atom. The molecule has 63 heavy (non-hydrogen) atoms. The molecular weight excluding hydrogens is 835 g/mol. The Balaban J connectivity index is 0.986. The molecule has 0 N–H and O–H groups in total. The Kier molecular flexibility index (Phi) is 7.83. The largest absolute Gasteiger partial charge is 0.308 e. The van der Waals surface area contributed by atoms with Crippen LogP contribution in [-0.4, -0.2) is 8.80 Å². The number of benzene rings is 10. The second-order valence-electron chi connectivity index (χ2n) is 16.5. The summed E-state index contributed by atoms with van der Waals surface area (Å²) in [6.45, 7) is 0. The number of nitrogens with zero attached hydrogens (tertiary/aromatic N) is 1. The number of fused-ring (bicyclic) bond motifs is 15. The quantitative estimate of drug-likeness (QED) is 0.156. The SMILES string of the molecule is c1ccc([Si]2c3ccccc3-c3c2ccc2ccc4sc5cccc(-c6ccc(N(c7cccc8c7sc7ccccc78)c7cccc8c7sc7ccccc78)cc6)c5c4c32)cc1. The molecule has 0 saturated heterocycles. The van der Waals surface area contributed by atoms with Crippen molar-refractivity contribution in [3.05, 3.63) is 206 Å². The predicted molar refractivity (Wildman–Crippen MR) is 279 cm³/mol. The van der Waals surface area contributed by atoms with E-state index in [1.165, 1.54) is 120 Å². The van der Waals surface area contributed by atoms with Gasteiger partial charge in [-0.05, 0) is 91.9 Å². The Morgan fingerprint density at radius 1 is 0.349 bits per heavy atom. The standard InChI is InChI=1S/C58H34NS3Si/c1-2-13-38(14-3-1)63-51-26-9-6-17-44(51)55-52(63)34-30-36-29-33-50-56(53(36)55)54-39(18-12-25-49(54)60-50)35-27-31-37(32-28-35)59(45-21-10-19-42-40-15-4-7-23-47(40)61-57(42)45)46-22-11-20-43-41-16-5-8-24-48(41)62-58(43)46/h1-34H. The van der Waals surface area contributed by atoms with E-state index in [9.17, 15) is 0 Å². The van der Waals surface area contributed by atoms with E-state index in [1.54, 1.807) is 0 Å². The van der Waals surface area contributed by atoms with Crippen LogP contribution >= 0.6 is 34.0 Å². The van der Waals surface area contributed by atoms with Crippen molar-refractivity contribution in [2.75, 3.05) is 4.90 Å². The zero-order chi connectivity index (χ0) is 41.2. The van der Waals surface area contributed by atoms with Gasteiger partial charge in [0.15, 0.2) is 8.80 Å². The van der Waals surface area contributed by atoms with Crippen molar-refractivity contribution < 1.29 is 0 Å². The number of thiophene rings is 3. The van der Waals surface area contributed by atoms with Crippen molar-refractivity contribution >= 4 is 147 Å². The zero-order valence-electron chi connectivity index (χ0n) is 33.8. The molecule has 1 aliphatic rings. The van der Waals surface area contributed by atoms with Gasteiger partial charge in [-0.1, -0.05) is 163 Å². The van der Waals surface area contributed by atoms with Gasteiger partial charge >= 0.3 is 0 Å². The molecule has 4 heterocycles. The number of hydrogen-bond donors (Lipinski definition) is 0. The van der Waals surface area contributed by atoms with E-state index in [2.05, 4.69) is 211 Å². The third-order valence-electron chi connectivity index (χ3n) is 13.1. The van der Waals surface area contributed by atoms with Crippen LogP contribution < -0.4 is 20.5 Å². The van der Waals surface area contributed by atoms with E-state index in [0.29, 0.717) is 0 Å². The smallest absolute Gasteiger partial charge is 0.156 e. The van der Waals surface area contributed by atoms with E-state index < -0.39 is 8.80 Å². The lowest BCUT2D eigenvalue weighted by molar-refractivity contribution is 1.32. The van der Waals surface area contributed by atoms with Gasteiger partial charge < -0.3 is 4.90 Å². The fraction of sp³-hybridized carbons (Fsp3) is 0. The molecule has 5 heteroatoms. The second-order valence-corrected chi connectivity index (χ2v) is 22.1. The average Bonchev–Trinajstić information content (AvgIpc) is 4.12. The van der Waals surface area contributed by atoms with Gasteiger partial charge in [-0.3, -0.25) is 0 Å². The highest BCUT2D eigenvalue weighted by molar-refractivity contribution is 7.27. The van der Waals surface area contributed by atoms with E-state index >= 15 is 0 Å². The van der Waals surface area contributed by atoms with E-state index in [0.717, 1.165) is 5.69 Å². The molecule has 0 unspecified atom stereocenters. The first-order valence-corrected chi connectivity index (χ1v) is 25.4. The van der Waals surface area contributed by atoms with Crippen LogP contribution in [0.15, 0.2) is 206 Å². The molecule has 10 aromatic carbocycles. The van der Waals surface area contributed by atoms with Crippen LogP contribution in [0.1, 0.15) is 0 Å². The highest BCUT2D eigenvalue weighted by Crippen LogP contribution is 2.50. The van der Waals surface area contributed by atoms with E-state index in [4.69, 9.17) is 0 Å². The number of anilines is 3. The van der Waals surface area contributed by atoms with Crippen molar-refractivity contribution in [2.24, 2.45) is 0 Å². The van der Waals surface area contributed by atoms with Gasteiger partial charge in [0.25, 0.3) is 0 Å². The van der Waals surface area contributed by atoms with Crippen LogP contribution in [0.25, 0.3) is 93.5 Å². The highest BCUT2D eigenvalue weighted by Gasteiger charge is 2.34. The molecular formula is C58H34NS3Si. The van der Waals surface area contributed by atoms with E-state index in [-0.39, 0.29) is 0 Å². The zero-order valence-corrected chi connectivity index (χ0v) is 37.3. The minimum atomic E-state index is -1.16. The molecule has 0 fully saturated rings. The maximum atomic E-state index is 2.51. The second kappa shape index (κ2) is 13.8. The molecule has 13 aromatic rings. The Hall–Kier alpha value is -6.86. The molecule has 1 radical (unpaired) electrons. The van der Waals surface area contributed by atoms with Crippen molar-refractivity contribution in [3.8, 4) is 22.3 Å². The molecule has 0 atom stereocenters. The topological polar surface area (TPSA) is 3.24 Å². The summed E-state index contributed by atoms with van der Waals surface area (Å²) in [5, 5.41) is 15.1. The minimum absolute atomic E-state index is 1.14. The maximum absolute atomic E-state index is 2.51. The molecule has 0 saturated carbocycles. The third-order valence-corrected chi connectivity index (χ3v) is 19.5. The summed E-state index contributed by atoms with van der Waals surface area (Å²) in [4.78, 5) is 2.51. The molecule has 0 bridgehead atoms. The van der Waals surface area contributed by atoms with Crippen LogP contribution in [0, 0.1) is 0 Å². The van der Waals surface area contributed by atoms with Gasteiger partial charge in [0.1, 0.15) is 0 Å². The summed E-state index contributed by atoms with van der Waals surface area (Å²) in [6.07, 6.45) is 0. The lowest BCUT2D eigenvalue weighted by Gasteiger charge is -2.27. The van der Waals surface area contributed by atoms with Crippen molar-refractivity contribution in [3.63, 3.8) is 0 Å². The van der Waals surface area contributed by atoms with Crippen LogP contribution in [0.5, 0.6) is 0 Å². The molecule has 14 rings (SSSR count). The van der Waals surface area contributed by atoms with Crippen LogP contribution in [0.4, 0.5) is 17.1 Å². The van der Waals surface area contributed by atoms with Gasteiger partial charge in [-0.15, -0.1) is 34.0 Å². The van der Waals surface area contributed by atoms with Crippen molar-refractivity contribution in [2.45, 2.75) is 0 Å². The summed E-state index contributed by atoms with van der Waals surface area (Å²) in [5.74, 6) is 0. The van der Waals surface area contributed by atoms with Crippen molar-refractivity contribution in [1.82, 2.24) is 0 Å². The van der Waals surface area contributed by atoms with E-state index in [1.807, 2.05) is 34.0 Å². The summed E-state index contributed by atoms with van der Waals surface area (Å²) in [7, 11) is -1.16. The lowest BCUT2D eigenvalue weighted by Crippen LogP contribution is -2.48. The number of rotatable bonds is 5. The average molecular weight is 869 g/mol. The Bertz CT molecular complexity index is 3880. The van der Waals surface area contributed by atoms with Gasteiger partial charge in [-0.25, -0.2) is 0 Å². The first-order chi connectivity index (χ1) is 31.3. The summed E-state index contributed by atoms with van der Waals surface area (Å²) < 4.78 is 7.88. The fourth-order valence-corrected chi connectivity index (χ4v) is 16.9. The number of hydrogen-bond acceptors (Lipinski definition) is 4. The van der Waals surface area contributed by atoms with Crippen LogP contribution in [0.3, 0.4) is 0 Å². The Labute approximate surface area is 377 Å². The minimum Gasteiger partial charge on any atom is -0.308 e. The van der Waals surface area contributed by atoms with Crippen LogP contribution in [0.2, 0.25) is 0 Å². The Morgan fingerprint density at radius 3 is 1.65 bits per heavy atom. The van der Waals surface area contributed by atoms with Crippen LogP contribution in [-0.2, 0) is 0 Å². The lowest BCUT2D eigenvalue weighted by atomic mass is 9.92. The molecule has 0 amide bonds. The van der Waals surface area contributed by atoms with Gasteiger partial charge in [0, 0.05) is 56.8 Å². The van der Waals surface area contributed by atoms with Gasteiger partial charge in [-0.2, -0.15) is 0 Å². The van der Waals surface area contributed by atoms with Crippen molar-refractivity contribution in [1.29, 1.82) is 0 Å². The molecule has 293 valence electrons. The van der Waals surface area contributed by atoms with Gasteiger partial charge in [0.05, 0.1) is 20.8 Å². The normalized spacial score (nSPS) is 12.7. The molecule has 3 aromatic heterocycles. The summed E-state index contributed by atoms with van der Waals surface area (Å²) >= 11 is 5.70. The fourth-order valence-electron chi connectivity index (χ4n) is 10.4. The van der Waals surface area contributed by atoms with Gasteiger partial charge in [0.2, 0.25) is 0 Å². The molecule has 1 aliphatic heterocycles. The maximum Gasteiger partial charge on any atom is 0.156 e. The molecule has 1 nitrogen and oxygen atoms in total. The molecule has 0 spiro atoms. The molecule has 0 aliphatic carbocycles. The predicted octanol–water partition coefficient (Wildman–Crippen LogP) is 15.6. The third kappa shape index (κ3) is 5.25. The monoisotopic (exact) mass is 868 g/mol. The highest BCUT2D eigenvalue weighted by atomic mass is 32.1. The first-order valence-electron chi connectivity index (χ1n) is 21.4. The first kappa shape index (κ1) is 35.7. The summed E-state index contributed by atoms with van der Waals surface area (Å²) in [6, 6.07) is 77.5. The summed E-state index contributed by atoms with van der Waals surface area (Å²) in [5.41, 5.74) is 8.88.